The molecule has 0 saturated carbocycles. The summed E-state index contributed by atoms with van der Waals surface area (Å²) in [6.45, 7) is 3.23. The normalized spacial score (nSPS) is 15.4. The van der Waals surface area contributed by atoms with Gasteiger partial charge in [0.15, 0.2) is 11.6 Å². The van der Waals surface area contributed by atoms with Gasteiger partial charge in [-0.25, -0.2) is 5.84 Å². The van der Waals surface area contributed by atoms with Gasteiger partial charge in [0.05, 0.1) is 13.2 Å². The van der Waals surface area contributed by atoms with Crippen molar-refractivity contribution in [1.82, 2.24) is 10.2 Å². The van der Waals surface area contributed by atoms with Crippen LogP contribution in [0, 0.1) is 0 Å². The first-order valence-electron chi connectivity index (χ1n) is 5.23. The van der Waals surface area contributed by atoms with Crippen LogP contribution < -0.4 is 16.2 Å². The summed E-state index contributed by atoms with van der Waals surface area (Å²) in [5, 5.41) is 7.95. The molecule has 19 heavy (non-hydrogen) atoms. The number of nitrogen functional groups attached to an aromatic ring is 1. The third-order valence-corrected chi connectivity index (χ3v) is 2.13. The lowest BCUT2D eigenvalue weighted by Gasteiger charge is -2.27. The molecule has 1 aliphatic heterocycles. The van der Waals surface area contributed by atoms with E-state index in [2.05, 4.69) is 20.5 Å². The smallest absolute Gasteiger partial charge is 0.378 e. The number of morpholine rings is 1. The molecule has 108 valence electrons. The Labute approximate surface area is 110 Å². The molecule has 0 spiro atoms. The molecule has 0 bridgehead atoms. The molecule has 0 aromatic carbocycles. The molecule has 1 aliphatic rings. The van der Waals surface area contributed by atoms with E-state index in [4.69, 9.17) is 28.1 Å². The van der Waals surface area contributed by atoms with E-state index in [1.165, 1.54) is 0 Å². The average molecular weight is 293 g/mol. The van der Waals surface area contributed by atoms with Crippen LogP contribution in [-0.4, -0.2) is 54.0 Å². The molecular weight excluding hydrogens is 278 g/mol. The van der Waals surface area contributed by atoms with Crippen LogP contribution in [0.2, 0.25) is 0 Å². The van der Waals surface area contributed by atoms with Crippen molar-refractivity contribution in [3.8, 4) is 0 Å². The summed E-state index contributed by atoms with van der Waals surface area (Å²) in [7, 11) is -4.67. The summed E-state index contributed by atoms with van der Waals surface area (Å²) in [6, 6.07) is 3.70. The van der Waals surface area contributed by atoms with Gasteiger partial charge in [0.2, 0.25) is 0 Å². The van der Waals surface area contributed by atoms with Crippen molar-refractivity contribution < 1.29 is 22.3 Å². The Morgan fingerprint density at radius 3 is 2.26 bits per heavy atom. The largest absolute Gasteiger partial charge is 0.394 e. The van der Waals surface area contributed by atoms with Crippen LogP contribution >= 0.6 is 0 Å². The topological polar surface area (TPSA) is 151 Å². The lowest BCUT2D eigenvalue weighted by atomic mass is 10.4. The highest BCUT2D eigenvalue weighted by Gasteiger charge is 2.12. The molecule has 0 atom stereocenters. The van der Waals surface area contributed by atoms with Crippen molar-refractivity contribution in [2.45, 2.75) is 0 Å². The van der Waals surface area contributed by atoms with Gasteiger partial charge in [0.25, 0.3) is 0 Å². The second-order valence-corrected chi connectivity index (χ2v) is 4.36. The molecule has 0 unspecified atom stereocenters. The van der Waals surface area contributed by atoms with Gasteiger partial charge >= 0.3 is 10.4 Å². The molecule has 1 aromatic heterocycles. The Hall–Kier alpha value is -1.53. The lowest BCUT2D eigenvalue weighted by molar-refractivity contribution is 0.122. The molecule has 0 amide bonds. The van der Waals surface area contributed by atoms with Gasteiger partial charge in [-0.15, -0.1) is 10.2 Å². The number of anilines is 2. The monoisotopic (exact) mass is 293 g/mol. The van der Waals surface area contributed by atoms with E-state index in [9.17, 15) is 0 Å². The maximum atomic E-state index is 8.74. The first kappa shape index (κ1) is 15.5. The molecular formula is C8H15N5O5S. The van der Waals surface area contributed by atoms with Crippen molar-refractivity contribution >= 4 is 22.0 Å². The summed E-state index contributed by atoms with van der Waals surface area (Å²) >= 11 is 0. The summed E-state index contributed by atoms with van der Waals surface area (Å²) in [5.74, 6) is 6.63. The predicted octanol–water partition coefficient (Wildman–Crippen LogP) is -1.05. The Balaban J connectivity index is 0.000000312. The molecule has 0 radical (unpaired) electrons. The van der Waals surface area contributed by atoms with Crippen molar-refractivity contribution in [3.05, 3.63) is 12.1 Å². The number of hydrazine groups is 1. The van der Waals surface area contributed by atoms with E-state index in [0.29, 0.717) is 5.82 Å². The molecule has 1 saturated heterocycles. The van der Waals surface area contributed by atoms with E-state index in [1.54, 1.807) is 6.07 Å². The highest BCUT2D eigenvalue weighted by atomic mass is 32.3. The number of hydrogen-bond donors (Lipinski definition) is 4. The fourth-order valence-corrected chi connectivity index (χ4v) is 1.36. The maximum absolute atomic E-state index is 8.74. The number of ether oxygens (including phenoxy) is 1. The molecule has 2 rings (SSSR count). The summed E-state index contributed by atoms with van der Waals surface area (Å²) in [6.07, 6.45) is 0. The first-order chi connectivity index (χ1) is 8.90. The molecule has 0 aliphatic carbocycles. The first-order valence-corrected chi connectivity index (χ1v) is 6.63. The van der Waals surface area contributed by atoms with Gasteiger partial charge in [-0.1, -0.05) is 0 Å². The second kappa shape index (κ2) is 7.16. The highest BCUT2D eigenvalue weighted by Crippen LogP contribution is 2.12. The zero-order valence-corrected chi connectivity index (χ0v) is 10.7. The van der Waals surface area contributed by atoms with E-state index >= 15 is 0 Å². The van der Waals surface area contributed by atoms with Gasteiger partial charge in [-0.3, -0.25) is 9.11 Å². The minimum absolute atomic E-state index is 0.571. The maximum Gasteiger partial charge on any atom is 0.394 e. The minimum Gasteiger partial charge on any atom is -0.378 e. The van der Waals surface area contributed by atoms with Crippen molar-refractivity contribution in [3.63, 3.8) is 0 Å². The van der Waals surface area contributed by atoms with E-state index in [0.717, 1.165) is 32.1 Å². The Morgan fingerprint density at radius 2 is 1.84 bits per heavy atom. The number of nitrogens with two attached hydrogens (primary N) is 1. The molecule has 1 aromatic rings. The summed E-state index contributed by atoms with van der Waals surface area (Å²) < 4.78 is 36.8. The quantitative estimate of drug-likeness (QED) is 0.302. The Bertz CT molecular complexity index is 465. The Morgan fingerprint density at radius 1 is 1.26 bits per heavy atom. The van der Waals surface area contributed by atoms with Crippen LogP contribution in [0.1, 0.15) is 0 Å². The standard InChI is InChI=1S/C8H13N5O.H2O4S/c9-10-7-1-2-8(12-11-7)13-3-5-14-6-4-13;1-5(2,3)4/h1-2H,3-6,9H2,(H,10,11);(H2,1,2,3,4). The van der Waals surface area contributed by atoms with Gasteiger partial charge in [-0.05, 0) is 12.1 Å². The zero-order valence-electron chi connectivity index (χ0n) is 9.93. The van der Waals surface area contributed by atoms with Gasteiger partial charge in [0, 0.05) is 13.1 Å². The van der Waals surface area contributed by atoms with Crippen LogP contribution in [0.4, 0.5) is 11.6 Å². The third kappa shape index (κ3) is 6.83. The second-order valence-electron chi connectivity index (χ2n) is 3.47. The van der Waals surface area contributed by atoms with Crippen LogP contribution in [0.25, 0.3) is 0 Å². The summed E-state index contributed by atoms with van der Waals surface area (Å²) in [4.78, 5) is 2.14. The molecule has 1 fully saturated rings. The van der Waals surface area contributed by atoms with E-state index in [-0.39, 0.29) is 0 Å². The van der Waals surface area contributed by atoms with Crippen LogP contribution in [0.3, 0.4) is 0 Å². The summed E-state index contributed by atoms with van der Waals surface area (Å²) in [5.41, 5.74) is 2.44. The van der Waals surface area contributed by atoms with Crippen molar-refractivity contribution in [2.24, 2.45) is 5.84 Å². The fourth-order valence-electron chi connectivity index (χ4n) is 1.36. The number of nitrogens with zero attached hydrogens (tertiary/aromatic N) is 3. The van der Waals surface area contributed by atoms with Crippen LogP contribution in [0.5, 0.6) is 0 Å². The molecule has 10 nitrogen and oxygen atoms in total. The minimum atomic E-state index is -4.67. The van der Waals surface area contributed by atoms with E-state index < -0.39 is 10.4 Å². The zero-order chi connectivity index (χ0) is 14.3. The number of nitrogens with one attached hydrogen (secondary N) is 1. The van der Waals surface area contributed by atoms with Crippen molar-refractivity contribution in [1.29, 1.82) is 0 Å². The molecule has 11 heteroatoms. The average Bonchev–Trinajstić information content (AvgIpc) is 2.38. The highest BCUT2D eigenvalue weighted by molar-refractivity contribution is 7.79. The number of aromatic nitrogens is 2. The predicted molar refractivity (Wildman–Crippen MR) is 67.1 cm³/mol. The molecule has 2 heterocycles. The Kier molecular flexibility index (Phi) is 5.85. The number of hydrogen-bond acceptors (Lipinski definition) is 8. The van der Waals surface area contributed by atoms with Crippen LogP contribution in [0.15, 0.2) is 12.1 Å². The SMILES string of the molecule is NNc1ccc(N2CCOCC2)nn1.O=S(=O)(O)O. The number of rotatable bonds is 2. The van der Waals surface area contributed by atoms with Gasteiger partial charge < -0.3 is 15.1 Å². The van der Waals surface area contributed by atoms with E-state index in [1.807, 2.05) is 6.07 Å². The van der Waals surface area contributed by atoms with Gasteiger partial charge in [0.1, 0.15) is 0 Å². The van der Waals surface area contributed by atoms with Crippen LogP contribution in [-0.2, 0) is 15.1 Å². The van der Waals surface area contributed by atoms with Crippen molar-refractivity contribution in [2.75, 3.05) is 36.6 Å². The molecule has 5 N–H and O–H groups in total. The van der Waals surface area contributed by atoms with Gasteiger partial charge in [-0.2, -0.15) is 8.42 Å². The lowest BCUT2D eigenvalue weighted by Crippen LogP contribution is -2.36. The third-order valence-electron chi connectivity index (χ3n) is 2.13. The fraction of sp³-hybridized carbons (Fsp3) is 0.500.